The van der Waals surface area contributed by atoms with Crippen molar-refractivity contribution in [2.75, 3.05) is 13.2 Å². The second-order valence-corrected chi connectivity index (χ2v) is 4.34. The number of amides is 1. The minimum absolute atomic E-state index is 0.0503. The van der Waals surface area contributed by atoms with E-state index in [1.165, 1.54) is 0 Å². The zero-order chi connectivity index (χ0) is 9.47. The highest BCUT2D eigenvalue weighted by atomic mass is 16.5. The molecule has 2 rings (SSSR count). The molecule has 2 aliphatic rings. The Hall–Kier alpha value is -0.570. The first-order valence-electron chi connectivity index (χ1n) is 5.05. The van der Waals surface area contributed by atoms with Gasteiger partial charge in [-0.2, -0.15) is 0 Å². The van der Waals surface area contributed by atoms with E-state index in [1.54, 1.807) is 0 Å². The van der Waals surface area contributed by atoms with Crippen molar-refractivity contribution < 1.29 is 9.53 Å². The van der Waals surface area contributed by atoms with Crippen molar-refractivity contribution in [2.24, 2.45) is 11.8 Å². The Kier molecular flexibility index (Phi) is 2.06. The van der Waals surface area contributed by atoms with E-state index in [0.29, 0.717) is 5.92 Å². The molecule has 2 aliphatic heterocycles. The molecule has 1 amide bonds. The zero-order valence-electron chi connectivity index (χ0n) is 8.30. The lowest BCUT2D eigenvalue weighted by Crippen LogP contribution is -2.49. The Morgan fingerprint density at radius 1 is 1.38 bits per heavy atom. The van der Waals surface area contributed by atoms with Gasteiger partial charge in [-0.25, -0.2) is 0 Å². The molecule has 3 nitrogen and oxygen atoms in total. The third kappa shape index (κ3) is 1.26. The summed E-state index contributed by atoms with van der Waals surface area (Å²) in [6, 6.07) is 0. The van der Waals surface area contributed by atoms with Gasteiger partial charge in [0, 0.05) is 24.7 Å². The van der Waals surface area contributed by atoms with Crippen molar-refractivity contribution in [3.8, 4) is 0 Å². The van der Waals surface area contributed by atoms with Gasteiger partial charge < -0.3 is 10.1 Å². The van der Waals surface area contributed by atoms with Crippen LogP contribution in [0.5, 0.6) is 0 Å². The number of hydrogen-bond donors (Lipinski definition) is 1. The molecule has 0 aromatic rings. The summed E-state index contributed by atoms with van der Waals surface area (Å²) in [6.07, 6.45) is 1.95. The van der Waals surface area contributed by atoms with Crippen LogP contribution in [0.25, 0.3) is 0 Å². The molecule has 1 spiro atoms. The van der Waals surface area contributed by atoms with Gasteiger partial charge in [0.1, 0.15) is 0 Å². The third-order valence-electron chi connectivity index (χ3n) is 3.79. The highest BCUT2D eigenvalue weighted by molar-refractivity contribution is 5.82. The van der Waals surface area contributed by atoms with Crippen molar-refractivity contribution >= 4 is 5.91 Å². The Morgan fingerprint density at radius 3 is 2.46 bits per heavy atom. The molecule has 0 aromatic carbocycles. The molecule has 0 bridgehead atoms. The first-order chi connectivity index (χ1) is 6.16. The van der Waals surface area contributed by atoms with E-state index < -0.39 is 0 Å². The lowest BCUT2D eigenvalue weighted by Gasteiger charge is -2.37. The highest BCUT2D eigenvalue weighted by Gasteiger charge is 2.48. The van der Waals surface area contributed by atoms with Crippen LogP contribution in [-0.2, 0) is 9.53 Å². The molecule has 0 saturated carbocycles. The summed E-state index contributed by atoms with van der Waals surface area (Å²) in [5.41, 5.74) is 0.0503. The first-order valence-corrected chi connectivity index (χ1v) is 5.05. The Morgan fingerprint density at radius 2 is 2.00 bits per heavy atom. The van der Waals surface area contributed by atoms with Crippen molar-refractivity contribution in [3.05, 3.63) is 0 Å². The molecule has 74 valence electrons. The lowest BCUT2D eigenvalue weighted by molar-refractivity contribution is -0.122. The number of carbonyl (C=O) groups excluding carboxylic acids is 1. The fourth-order valence-corrected chi connectivity index (χ4v) is 2.49. The topological polar surface area (TPSA) is 38.3 Å². The standard InChI is InChI=1S/C10H17NO2/c1-7-8(2)10(11-9(7)12)3-5-13-6-4-10/h7-8H,3-6H2,1-2H3,(H,11,12). The molecule has 2 saturated heterocycles. The molecule has 3 heteroatoms. The van der Waals surface area contributed by atoms with E-state index in [-0.39, 0.29) is 17.4 Å². The van der Waals surface area contributed by atoms with E-state index in [4.69, 9.17) is 4.74 Å². The van der Waals surface area contributed by atoms with Crippen LogP contribution >= 0.6 is 0 Å². The van der Waals surface area contributed by atoms with Gasteiger partial charge in [0.25, 0.3) is 0 Å². The van der Waals surface area contributed by atoms with Gasteiger partial charge in [-0.15, -0.1) is 0 Å². The van der Waals surface area contributed by atoms with Crippen LogP contribution in [0.3, 0.4) is 0 Å². The van der Waals surface area contributed by atoms with Crippen LogP contribution < -0.4 is 5.32 Å². The smallest absolute Gasteiger partial charge is 0.223 e. The van der Waals surface area contributed by atoms with Crippen molar-refractivity contribution in [2.45, 2.75) is 32.2 Å². The van der Waals surface area contributed by atoms with Gasteiger partial charge in [-0.1, -0.05) is 13.8 Å². The van der Waals surface area contributed by atoms with Crippen molar-refractivity contribution in [3.63, 3.8) is 0 Å². The average molecular weight is 183 g/mol. The summed E-state index contributed by atoms with van der Waals surface area (Å²) in [5, 5.41) is 3.15. The Bertz CT molecular complexity index is 221. The predicted molar refractivity (Wildman–Crippen MR) is 49.3 cm³/mol. The monoisotopic (exact) mass is 183 g/mol. The molecular formula is C10H17NO2. The van der Waals surface area contributed by atoms with Gasteiger partial charge in [0.05, 0.1) is 0 Å². The van der Waals surface area contributed by atoms with E-state index in [0.717, 1.165) is 26.1 Å². The quantitative estimate of drug-likeness (QED) is 0.607. The summed E-state index contributed by atoms with van der Waals surface area (Å²) in [6.45, 7) is 5.77. The van der Waals surface area contributed by atoms with Gasteiger partial charge in [0.15, 0.2) is 0 Å². The van der Waals surface area contributed by atoms with Gasteiger partial charge in [0.2, 0.25) is 5.91 Å². The fourth-order valence-electron chi connectivity index (χ4n) is 2.49. The number of ether oxygens (including phenoxy) is 1. The number of rotatable bonds is 0. The second-order valence-electron chi connectivity index (χ2n) is 4.34. The molecule has 1 N–H and O–H groups in total. The number of hydrogen-bond acceptors (Lipinski definition) is 2. The minimum atomic E-state index is 0.0503. The summed E-state index contributed by atoms with van der Waals surface area (Å²) in [4.78, 5) is 11.5. The summed E-state index contributed by atoms with van der Waals surface area (Å²) in [5.74, 6) is 0.830. The van der Waals surface area contributed by atoms with Gasteiger partial charge in [-0.05, 0) is 18.8 Å². The lowest BCUT2D eigenvalue weighted by atomic mass is 9.77. The van der Waals surface area contributed by atoms with Crippen LogP contribution in [0, 0.1) is 11.8 Å². The SMILES string of the molecule is CC1C(=O)NC2(CCOCC2)C1C. The van der Waals surface area contributed by atoms with E-state index >= 15 is 0 Å². The van der Waals surface area contributed by atoms with Crippen molar-refractivity contribution in [1.29, 1.82) is 0 Å². The molecule has 0 radical (unpaired) electrons. The maximum atomic E-state index is 11.5. The fraction of sp³-hybridized carbons (Fsp3) is 0.900. The van der Waals surface area contributed by atoms with Crippen LogP contribution in [0.2, 0.25) is 0 Å². The molecule has 2 heterocycles. The average Bonchev–Trinajstić information content (AvgIpc) is 2.33. The van der Waals surface area contributed by atoms with E-state index in [1.807, 2.05) is 6.92 Å². The molecule has 2 unspecified atom stereocenters. The molecular weight excluding hydrogens is 166 g/mol. The summed E-state index contributed by atoms with van der Waals surface area (Å²) < 4.78 is 5.32. The maximum absolute atomic E-state index is 11.5. The Labute approximate surface area is 78.8 Å². The Balaban J connectivity index is 2.18. The van der Waals surface area contributed by atoms with Gasteiger partial charge >= 0.3 is 0 Å². The second kappa shape index (κ2) is 2.98. The van der Waals surface area contributed by atoms with Crippen LogP contribution in [0.1, 0.15) is 26.7 Å². The molecule has 2 atom stereocenters. The van der Waals surface area contributed by atoms with Gasteiger partial charge in [-0.3, -0.25) is 4.79 Å². The summed E-state index contributed by atoms with van der Waals surface area (Å²) >= 11 is 0. The van der Waals surface area contributed by atoms with Crippen LogP contribution in [0.4, 0.5) is 0 Å². The number of carbonyl (C=O) groups is 1. The van der Waals surface area contributed by atoms with E-state index in [9.17, 15) is 4.79 Å². The maximum Gasteiger partial charge on any atom is 0.223 e. The molecule has 0 aliphatic carbocycles. The first kappa shape index (κ1) is 9.00. The molecule has 2 fully saturated rings. The summed E-state index contributed by atoms with van der Waals surface area (Å²) in [7, 11) is 0. The van der Waals surface area contributed by atoms with E-state index in [2.05, 4.69) is 12.2 Å². The van der Waals surface area contributed by atoms with Crippen LogP contribution in [-0.4, -0.2) is 24.7 Å². The predicted octanol–water partition coefficient (Wildman–Crippen LogP) is 0.938. The zero-order valence-corrected chi connectivity index (χ0v) is 8.30. The number of nitrogens with one attached hydrogen (secondary N) is 1. The van der Waals surface area contributed by atoms with Crippen molar-refractivity contribution in [1.82, 2.24) is 5.32 Å². The minimum Gasteiger partial charge on any atom is -0.381 e. The third-order valence-corrected chi connectivity index (χ3v) is 3.79. The largest absolute Gasteiger partial charge is 0.381 e. The molecule has 13 heavy (non-hydrogen) atoms. The molecule has 0 aromatic heterocycles. The highest BCUT2D eigenvalue weighted by Crippen LogP contribution is 2.38. The normalized spacial score (nSPS) is 37.8. The van der Waals surface area contributed by atoms with Crippen LogP contribution in [0.15, 0.2) is 0 Å².